The largest absolute Gasteiger partial charge is 0.507 e. The molecular formula is C25H30O2. The quantitative estimate of drug-likeness (QED) is 0.593. The molecule has 2 N–H and O–H groups in total. The Bertz CT molecular complexity index is 810. The van der Waals surface area contributed by atoms with Crippen molar-refractivity contribution >= 4 is 0 Å². The van der Waals surface area contributed by atoms with Crippen LogP contribution in [0.2, 0.25) is 0 Å². The first kappa shape index (κ1) is 19.3. The standard InChI is InChI=1S/C25H30O2/c1-17(2)21-13-12-18(3)14-22(21)25-23(26)15-20(16-24(25)27)11-7-10-19-8-5-4-6-9-19/h4-6,8-9,14-16,21-22,26-27H,1,7,10-13H2,2-3H3. The summed E-state index contributed by atoms with van der Waals surface area (Å²) in [6.07, 6.45) is 7.06. The Kier molecular flexibility index (Phi) is 6.05. The van der Waals surface area contributed by atoms with Crippen LogP contribution in [-0.2, 0) is 12.8 Å². The van der Waals surface area contributed by atoms with Gasteiger partial charge in [0.05, 0.1) is 0 Å². The highest BCUT2D eigenvalue weighted by Gasteiger charge is 2.30. The molecule has 0 spiro atoms. The predicted octanol–water partition coefficient (Wildman–Crippen LogP) is 6.29. The second-order valence-electron chi connectivity index (χ2n) is 7.92. The van der Waals surface area contributed by atoms with Gasteiger partial charge in [0.15, 0.2) is 0 Å². The number of phenolic OH excluding ortho intramolecular Hbond substituents is 2. The summed E-state index contributed by atoms with van der Waals surface area (Å²) >= 11 is 0. The lowest BCUT2D eigenvalue weighted by atomic mass is 9.73. The molecule has 1 aliphatic carbocycles. The van der Waals surface area contributed by atoms with Crippen LogP contribution >= 0.6 is 0 Å². The zero-order chi connectivity index (χ0) is 19.4. The summed E-state index contributed by atoms with van der Waals surface area (Å²) in [6.45, 7) is 8.29. The number of hydrogen-bond donors (Lipinski definition) is 2. The highest BCUT2D eigenvalue weighted by atomic mass is 16.3. The molecule has 2 heteroatoms. The van der Waals surface area contributed by atoms with Crippen LogP contribution in [0.4, 0.5) is 0 Å². The van der Waals surface area contributed by atoms with Crippen LogP contribution in [0.3, 0.4) is 0 Å². The van der Waals surface area contributed by atoms with Crippen LogP contribution in [0.1, 0.15) is 55.7 Å². The smallest absolute Gasteiger partial charge is 0.123 e. The third-order valence-corrected chi connectivity index (χ3v) is 5.68. The van der Waals surface area contributed by atoms with E-state index in [1.807, 2.05) is 25.1 Å². The van der Waals surface area contributed by atoms with Gasteiger partial charge in [0.25, 0.3) is 0 Å². The summed E-state index contributed by atoms with van der Waals surface area (Å²) in [6, 6.07) is 14.1. The van der Waals surface area contributed by atoms with E-state index < -0.39 is 0 Å². The van der Waals surface area contributed by atoms with E-state index in [4.69, 9.17) is 0 Å². The van der Waals surface area contributed by atoms with Gasteiger partial charge in [0, 0.05) is 11.5 Å². The maximum Gasteiger partial charge on any atom is 0.123 e. The average molecular weight is 363 g/mol. The third kappa shape index (κ3) is 4.63. The molecule has 2 aromatic rings. The molecule has 0 saturated carbocycles. The lowest BCUT2D eigenvalue weighted by molar-refractivity contribution is 0.406. The second-order valence-corrected chi connectivity index (χ2v) is 7.92. The van der Waals surface area contributed by atoms with Crippen LogP contribution < -0.4 is 0 Å². The number of phenols is 2. The first-order valence-electron chi connectivity index (χ1n) is 9.87. The minimum atomic E-state index is -0.00498. The van der Waals surface area contributed by atoms with E-state index in [1.54, 1.807) is 0 Å². The van der Waals surface area contributed by atoms with Crippen molar-refractivity contribution in [2.24, 2.45) is 5.92 Å². The highest BCUT2D eigenvalue weighted by molar-refractivity contribution is 5.51. The van der Waals surface area contributed by atoms with E-state index in [9.17, 15) is 10.2 Å². The number of hydrogen-bond acceptors (Lipinski definition) is 2. The Labute approximate surface area is 162 Å². The first-order valence-corrected chi connectivity index (χ1v) is 9.87. The number of allylic oxidation sites excluding steroid dienone is 3. The Morgan fingerprint density at radius 1 is 1.04 bits per heavy atom. The lowest BCUT2D eigenvalue weighted by Gasteiger charge is -2.31. The number of rotatable bonds is 6. The Balaban J connectivity index is 1.78. The van der Waals surface area contributed by atoms with Crippen LogP contribution in [-0.4, -0.2) is 10.2 Å². The molecule has 0 aliphatic heterocycles. The van der Waals surface area contributed by atoms with Gasteiger partial charge < -0.3 is 10.2 Å². The van der Waals surface area contributed by atoms with Gasteiger partial charge in [-0.1, -0.05) is 54.1 Å². The summed E-state index contributed by atoms with van der Waals surface area (Å²) in [4.78, 5) is 0. The molecule has 0 aromatic heterocycles. The van der Waals surface area contributed by atoms with Gasteiger partial charge in [-0.05, 0) is 75.1 Å². The summed E-state index contributed by atoms with van der Waals surface area (Å²) in [5, 5.41) is 21.4. The molecule has 0 amide bonds. The molecule has 2 unspecified atom stereocenters. The minimum Gasteiger partial charge on any atom is -0.507 e. The van der Waals surface area contributed by atoms with Gasteiger partial charge in [-0.3, -0.25) is 0 Å². The fraction of sp³-hybridized carbons (Fsp3) is 0.360. The van der Waals surface area contributed by atoms with Gasteiger partial charge in [-0.2, -0.15) is 0 Å². The summed E-state index contributed by atoms with van der Waals surface area (Å²) in [7, 11) is 0. The molecular weight excluding hydrogens is 332 g/mol. The summed E-state index contributed by atoms with van der Waals surface area (Å²) in [5.74, 6) is 0.655. The van der Waals surface area contributed by atoms with Crippen LogP contribution in [0, 0.1) is 5.92 Å². The van der Waals surface area contributed by atoms with Crippen molar-refractivity contribution in [2.45, 2.75) is 51.9 Å². The summed E-state index contributed by atoms with van der Waals surface area (Å²) in [5.41, 5.74) is 5.36. The van der Waals surface area contributed by atoms with E-state index >= 15 is 0 Å². The lowest BCUT2D eigenvalue weighted by Crippen LogP contribution is -2.17. The molecule has 27 heavy (non-hydrogen) atoms. The van der Waals surface area contributed by atoms with Crippen molar-refractivity contribution in [3.8, 4) is 11.5 Å². The molecule has 0 radical (unpaired) electrons. The van der Waals surface area contributed by atoms with Crippen molar-refractivity contribution in [3.63, 3.8) is 0 Å². The zero-order valence-electron chi connectivity index (χ0n) is 16.4. The maximum absolute atomic E-state index is 10.7. The molecule has 142 valence electrons. The maximum atomic E-state index is 10.7. The van der Waals surface area contributed by atoms with Gasteiger partial charge in [0.1, 0.15) is 11.5 Å². The van der Waals surface area contributed by atoms with E-state index in [2.05, 4.69) is 43.8 Å². The molecule has 3 rings (SSSR count). The first-order chi connectivity index (χ1) is 13.0. The molecule has 0 bridgehead atoms. The van der Waals surface area contributed by atoms with Crippen molar-refractivity contribution in [1.82, 2.24) is 0 Å². The van der Waals surface area contributed by atoms with Gasteiger partial charge in [-0.15, -0.1) is 0 Å². The van der Waals surface area contributed by atoms with Crippen LogP contribution in [0.15, 0.2) is 66.3 Å². The predicted molar refractivity (Wildman–Crippen MR) is 112 cm³/mol. The van der Waals surface area contributed by atoms with Crippen molar-refractivity contribution in [3.05, 3.63) is 83.0 Å². The van der Waals surface area contributed by atoms with Crippen LogP contribution in [0.5, 0.6) is 11.5 Å². The van der Waals surface area contributed by atoms with Gasteiger partial charge in [0.2, 0.25) is 0 Å². The average Bonchev–Trinajstić information content (AvgIpc) is 2.62. The minimum absolute atomic E-state index is 0.00498. The third-order valence-electron chi connectivity index (χ3n) is 5.68. The van der Waals surface area contributed by atoms with Gasteiger partial charge in [-0.25, -0.2) is 0 Å². The van der Waals surface area contributed by atoms with Crippen molar-refractivity contribution in [2.75, 3.05) is 0 Å². The molecule has 0 heterocycles. The van der Waals surface area contributed by atoms with Crippen LogP contribution in [0.25, 0.3) is 0 Å². The van der Waals surface area contributed by atoms with E-state index in [0.29, 0.717) is 5.56 Å². The van der Waals surface area contributed by atoms with E-state index in [0.717, 1.165) is 43.2 Å². The number of aromatic hydroxyl groups is 2. The van der Waals surface area contributed by atoms with E-state index in [-0.39, 0.29) is 23.3 Å². The Morgan fingerprint density at radius 2 is 1.67 bits per heavy atom. The number of aryl methyl sites for hydroxylation is 2. The normalized spacial score (nSPS) is 19.6. The topological polar surface area (TPSA) is 40.5 Å². The van der Waals surface area contributed by atoms with Crippen molar-refractivity contribution < 1.29 is 10.2 Å². The zero-order valence-corrected chi connectivity index (χ0v) is 16.4. The molecule has 1 aliphatic rings. The Hall–Kier alpha value is -2.48. The monoisotopic (exact) mass is 362 g/mol. The molecule has 0 saturated heterocycles. The van der Waals surface area contributed by atoms with Crippen molar-refractivity contribution in [1.29, 1.82) is 0 Å². The Morgan fingerprint density at radius 3 is 2.30 bits per heavy atom. The molecule has 2 aromatic carbocycles. The molecule has 2 atom stereocenters. The fourth-order valence-corrected chi connectivity index (χ4v) is 4.21. The highest BCUT2D eigenvalue weighted by Crippen LogP contribution is 2.46. The number of benzene rings is 2. The molecule has 0 fully saturated rings. The van der Waals surface area contributed by atoms with E-state index in [1.165, 1.54) is 11.1 Å². The fourth-order valence-electron chi connectivity index (χ4n) is 4.21. The SMILES string of the molecule is C=C(C)C1CCC(C)=CC1c1c(O)cc(CCCc2ccccc2)cc1O. The summed E-state index contributed by atoms with van der Waals surface area (Å²) < 4.78 is 0. The van der Waals surface area contributed by atoms with Gasteiger partial charge >= 0.3 is 0 Å². The second kappa shape index (κ2) is 8.47. The molecule has 2 nitrogen and oxygen atoms in total.